The van der Waals surface area contributed by atoms with Crippen molar-refractivity contribution in [2.75, 3.05) is 26.7 Å². The molecule has 3 fully saturated rings. The third-order valence-corrected chi connectivity index (χ3v) is 26.0. The lowest BCUT2D eigenvalue weighted by atomic mass is 9.84. The van der Waals surface area contributed by atoms with Crippen LogP contribution in [-0.4, -0.2) is 251 Å². The molecule has 138 heavy (non-hydrogen) atoms. The van der Waals surface area contributed by atoms with Crippen molar-refractivity contribution in [2.45, 2.75) is 232 Å². The minimum atomic E-state index is -2.48. The third-order valence-electron chi connectivity index (χ3n) is 25.1. The number of phenolic OH excluding ortho intramolecular Hbond substituents is 3. The fourth-order valence-electron chi connectivity index (χ4n) is 17.5. The number of aliphatic hydroxyl groups is 6. The van der Waals surface area contributed by atoms with Gasteiger partial charge in [-0.05, 0) is 165 Å². The number of ether oxygens (including phenoxy) is 8. The number of phenols is 3. The Morgan fingerprint density at radius 3 is 1.86 bits per heavy atom. The Bertz CT molecular complexity index is 5710. The van der Waals surface area contributed by atoms with E-state index >= 15 is 28.8 Å². The molecule has 0 aliphatic carbocycles. The summed E-state index contributed by atoms with van der Waals surface area (Å²) in [6.45, 7) is 8.37. The first-order valence-electron chi connectivity index (χ1n) is 44.5. The number of carbonyl (C=O) groups excluding carboxylic acids is 9. The summed E-state index contributed by atoms with van der Waals surface area (Å²) in [5, 5.41) is 138. The van der Waals surface area contributed by atoms with Gasteiger partial charge in [-0.15, -0.1) is 0 Å². The maximum absolute atomic E-state index is 16.7. The van der Waals surface area contributed by atoms with Gasteiger partial charge in [-0.2, -0.15) is 0 Å². The number of carboxylic acids is 1. The zero-order valence-electron chi connectivity index (χ0n) is 75.8. The van der Waals surface area contributed by atoms with E-state index < -0.39 is 308 Å². The minimum Gasteiger partial charge on any atom is -0.508 e. The number of primary amides is 1. The van der Waals surface area contributed by atoms with Crippen LogP contribution in [0.4, 0.5) is 0 Å². The van der Waals surface area contributed by atoms with E-state index in [1.165, 1.54) is 33.0 Å². The van der Waals surface area contributed by atoms with Crippen LogP contribution in [0.5, 0.6) is 46.0 Å². The second-order valence-corrected chi connectivity index (χ2v) is 37.3. The van der Waals surface area contributed by atoms with Crippen molar-refractivity contribution >= 4 is 93.9 Å². The summed E-state index contributed by atoms with van der Waals surface area (Å²) in [5.41, 5.74) is 21.0. The Kier molecular flexibility index (Phi) is 32.9. The SMILES string of the molecule is CC(C)C[C@H](C(=O)N[C@H]1C(=O)N[C@@H](CC(N)=O)C(=O)N[C@H]2C(=O)N[C@H]3C(=O)N[C@H](C(=O)N[C@H](C(=O)O)c4cc(O)cc(O)c4-c4cc3ccc4O)[C@H](O[C@H]3C[C@](C)(N)[C@@H](O)[C@H](C)O3)c3ccc(c(Cl)c3)Oc3cc2cc(c3O[C@@H]2O[C@H](CO)[C@@H](O)[C@H](O)[C@H]2O[C@H]2C[C@](C)(NCc3ccc(-c4ccc(Cl)cc4)cc3)[C@@H](O)[C@H](C)O2)Oc2ccc(cc2Cl)[C@H]1O)N(C)C(=O)CNC(=O)[C@@H](N)CCCCN. The first-order valence-corrected chi connectivity index (χ1v) is 45.6. The summed E-state index contributed by atoms with van der Waals surface area (Å²) in [5.74, 6) is -19.0. The molecule has 26 N–H and O–H groups in total. The minimum absolute atomic E-state index is 0.142. The molecule has 15 rings (SSSR count). The number of nitrogens with two attached hydrogens (primary N) is 4. The Morgan fingerprint density at radius 1 is 0.645 bits per heavy atom. The topological polar surface area (TPSA) is 650 Å². The number of aromatic hydroxyl groups is 3. The van der Waals surface area contributed by atoms with Gasteiger partial charge >= 0.3 is 5.97 Å². The Hall–Kier alpha value is -11.7. The number of carbonyl (C=O) groups is 10. The zero-order valence-corrected chi connectivity index (χ0v) is 78.1. The number of likely N-dealkylation sites (N-methyl/N-ethyl adjacent to an activating group) is 1. The summed E-state index contributed by atoms with van der Waals surface area (Å²) in [7, 11) is 1.24. The normalized spacial score (nSPS) is 28.2. The summed E-state index contributed by atoms with van der Waals surface area (Å²) >= 11 is 21.0. The molecular formula is C94H112Cl3N13O28. The number of amides is 9. The van der Waals surface area contributed by atoms with Crippen LogP contribution >= 0.6 is 34.8 Å². The van der Waals surface area contributed by atoms with Crippen LogP contribution in [0.25, 0.3) is 22.3 Å². The lowest BCUT2D eigenvalue weighted by Crippen LogP contribution is -2.65. The molecule has 0 spiro atoms. The molecule has 8 aliphatic rings. The highest BCUT2D eigenvalue weighted by atomic mass is 35.5. The average Bonchev–Trinajstić information content (AvgIpc) is 0.796. The molecule has 41 nitrogen and oxygen atoms in total. The van der Waals surface area contributed by atoms with E-state index in [1.807, 2.05) is 36.4 Å². The fourth-order valence-corrected chi connectivity index (χ4v) is 18.0. The number of hydrogen-bond acceptors (Lipinski definition) is 31. The van der Waals surface area contributed by atoms with Crippen molar-refractivity contribution in [1.29, 1.82) is 0 Å². The van der Waals surface area contributed by atoms with Gasteiger partial charge in [0, 0.05) is 65.3 Å². The van der Waals surface area contributed by atoms with Crippen molar-refractivity contribution in [3.05, 3.63) is 176 Å². The summed E-state index contributed by atoms with van der Waals surface area (Å²) in [4.78, 5) is 151. The number of halogens is 3. The predicted molar refractivity (Wildman–Crippen MR) is 493 cm³/mol. The first-order chi connectivity index (χ1) is 65.3. The van der Waals surface area contributed by atoms with Gasteiger partial charge in [0.05, 0.1) is 60.1 Å². The molecule has 0 unspecified atom stereocenters. The molecule has 11 bridgehead atoms. The second-order valence-electron chi connectivity index (χ2n) is 36.0. The maximum Gasteiger partial charge on any atom is 0.330 e. The molecule has 0 aromatic heterocycles. The van der Waals surface area contributed by atoms with Crippen LogP contribution in [0, 0.1) is 5.92 Å². The van der Waals surface area contributed by atoms with Gasteiger partial charge in [-0.25, -0.2) is 4.79 Å². The van der Waals surface area contributed by atoms with Gasteiger partial charge in [0.25, 0.3) is 0 Å². The van der Waals surface area contributed by atoms with Crippen LogP contribution in [0.2, 0.25) is 15.1 Å². The van der Waals surface area contributed by atoms with Gasteiger partial charge in [0.15, 0.2) is 36.2 Å². The van der Waals surface area contributed by atoms with E-state index in [2.05, 4.69) is 42.5 Å². The number of aliphatic carboxylic acids is 1. The smallest absolute Gasteiger partial charge is 0.330 e. The number of benzene rings is 7. The van der Waals surface area contributed by atoms with Gasteiger partial charge < -0.3 is 159 Å². The number of unbranched alkanes of at least 4 members (excludes halogenated alkanes) is 1. The molecule has 23 atom stereocenters. The summed E-state index contributed by atoms with van der Waals surface area (Å²) < 4.78 is 53.1. The predicted octanol–water partition coefficient (Wildman–Crippen LogP) is 3.31. The Balaban J connectivity index is 0.997. The van der Waals surface area contributed by atoms with Crippen LogP contribution in [0.3, 0.4) is 0 Å². The highest BCUT2D eigenvalue weighted by Crippen LogP contribution is 2.51. The quantitative estimate of drug-likeness (QED) is 0.0346. The Labute approximate surface area is 806 Å². The van der Waals surface area contributed by atoms with Crippen LogP contribution < -0.4 is 79.7 Å². The van der Waals surface area contributed by atoms with Gasteiger partial charge in [-0.1, -0.05) is 110 Å². The van der Waals surface area contributed by atoms with E-state index in [4.69, 9.17) is 95.6 Å². The first kappa shape index (κ1) is 104. The van der Waals surface area contributed by atoms with E-state index in [0.29, 0.717) is 24.4 Å². The lowest BCUT2D eigenvalue weighted by molar-refractivity contribution is -0.334. The number of hydrogen-bond donors (Lipinski definition) is 22. The molecule has 0 radical (unpaired) electrons. The van der Waals surface area contributed by atoms with Crippen molar-refractivity contribution < 1.29 is 137 Å². The van der Waals surface area contributed by atoms with Crippen LogP contribution in [0.1, 0.15) is 150 Å². The summed E-state index contributed by atoms with van der Waals surface area (Å²) in [6.07, 6.45) is -22.8. The van der Waals surface area contributed by atoms with E-state index in [1.54, 1.807) is 39.8 Å². The van der Waals surface area contributed by atoms with E-state index in [0.717, 1.165) is 88.3 Å². The molecule has 44 heteroatoms. The lowest BCUT2D eigenvalue weighted by Gasteiger charge is -2.48. The summed E-state index contributed by atoms with van der Waals surface area (Å²) in [6, 6.07) is 11.9. The standard InChI is InChI=1S/C94H112Cl3N13O28/c1-40(2)26-58(110(7)67(116)38-102-84(122)56(99)10-8-9-25-98)86(124)108-74-76(117)47-18-23-61(54(96)28-47)133-63-30-49-31-64(80(63)138-92-81(78(119)77(118)65(39-111)135-92)137-69-36-94(6,83(121)42(4)132-69)103-37-43-11-13-44(14-12-43)45-15-20-50(95)21-16-45)134-62-24-19-48(29-55(62)97)79(136-68-35-93(5,101)82(120)41(3)131-68)75-90(128)107-73(91(129)130)53-32-51(112)33-60(114)70(53)52-27-46(17-22-59(52)113)71(87(125)109-75)106-88(126)72(49)105-85(123)57(34-66(100)115)104-89(74)127/h11-24,27-33,40-42,56-58,65,68-69,71-79,81-83,92,103,111-114,117-121H,8-10,25-26,34-39,98-99,101H2,1-7H3,(H2,100,115)(H,102,122)(H,104,127)(H,105,123)(H,106,126)(H,107,128)(H,108,124)(H,109,125)(H,129,130)/t41-,42-,56-,57-,58+,65+,68-,69-,71+,72+,73-,74+,75-,76+,77+,78-,79+,81+,82-,83-,92-,93-,94-/m0/s1. The molecule has 9 amide bonds. The van der Waals surface area contributed by atoms with Crippen LogP contribution in [-0.2, 0) is 78.2 Å². The van der Waals surface area contributed by atoms with Crippen molar-refractivity contribution in [2.24, 2.45) is 28.9 Å². The number of rotatable bonds is 26. The number of nitrogens with zero attached hydrogens (tertiary/aromatic N) is 1. The molecule has 742 valence electrons. The van der Waals surface area contributed by atoms with Gasteiger partial charge in [-0.3, -0.25) is 43.2 Å². The van der Waals surface area contributed by atoms with Gasteiger partial charge in [0.2, 0.25) is 65.2 Å². The number of carboxylic acid groups (broad SMARTS) is 1. The molecule has 3 saturated heterocycles. The molecule has 8 heterocycles. The van der Waals surface area contributed by atoms with Crippen molar-refractivity contribution in [1.82, 2.24) is 47.4 Å². The molecule has 0 saturated carbocycles. The molecular weight excluding hydrogens is 1870 g/mol. The number of fused-ring (bicyclic) bond motifs is 15. The molecule has 7 aromatic carbocycles. The van der Waals surface area contributed by atoms with E-state index in [-0.39, 0.29) is 43.4 Å². The number of nitrogens with one attached hydrogen (secondary N) is 8. The molecule has 7 aromatic rings. The van der Waals surface area contributed by atoms with Gasteiger partial charge in [0.1, 0.15) is 95.5 Å². The van der Waals surface area contributed by atoms with Crippen molar-refractivity contribution in [3.8, 4) is 68.2 Å². The van der Waals surface area contributed by atoms with Crippen LogP contribution in [0.15, 0.2) is 127 Å². The monoisotopic (exact) mass is 1980 g/mol. The second kappa shape index (κ2) is 43.8. The highest BCUT2D eigenvalue weighted by molar-refractivity contribution is 6.32. The highest BCUT2D eigenvalue weighted by Gasteiger charge is 2.54. The third kappa shape index (κ3) is 23.5. The van der Waals surface area contributed by atoms with Crippen molar-refractivity contribution in [3.63, 3.8) is 0 Å². The molecule has 8 aliphatic heterocycles. The van der Waals surface area contributed by atoms with E-state index in [9.17, 15) is 70.2 Å². The zero-order chi connectivity index (χ0) is 100. The average molecular weight is 1980 g/mol. The fraction of sp³-hybridized carbons (Fsp3) is 0.447. The largest absolute Gasteiger partial charge is 0.508 e. The maximum atomic E-state index is 16.7. The number of aliphatic hydroxyl groups excluding tert-OH is 6. The Morgan fingerprint density at radius 2 is 1.25 bits per heavy atom.